The van der Waals surface area contributed by atoms with Crippen molar-refractivity contribution in [3.63, 3.8) is 0 Å². The van der Waals surface area contributed by atoms with Crippen LogP contribution < -0.4 is 10.0 Å². The van der Waals surface area contributed by atoms with E-state index in [0.717, 1.165) is 0 Å². The molecule has 1 saturated heterocycles. The van der Waals surface area contributed by atoms with E-state index in [-0.39, 0.29) is 25.4 Å². The van der Waals surface area contributed by atoms with Gasteiger partial charge in [0.15, 0.2) is 0 Å². The summed E-state index contributed by atoms with van der Waals surface area (Å²) in [6, 6.07) is 15.6. The van der Waals surface area contributed by atoms with Crippen molar-refractivity contribution in [1.29, 1.82) is 0 Å². The van der Waals surface area contributed by atoms with E-state index in [9.17, 15) is 23.7 Å². The van der Waals surface area contributed by atoms with Gasteiger partial charge in [-0.05, 0) is 24.3 Å². The Labute approximate surface area is 170 Å². The summed E-state index contributed by atoms with van der Waals surface area (Å²) in [5, 5.41) is 12.2. The zero-order valence-electron chi connectivity index (χ0n) is 15.5. The highest BCUT2D eigenvalue weighted by atomic mass is 32.2. The normalized spacial score (nSPS) is 19.5. The van der Waals surface area contributed by atoms with Crippen molar-refractivity contribution in [3.05, 3.63) is 66.2 Å². The van der Waals surface area contributed by atoms with E-state index >= 15 is 0 Å². The minimum absolute atomic E-state index is 0.0774. The number of hydrogen-bond donors (Lipinski definition) is 3. The summed E-state index contributed by atoms with van der Waals surface area (Å²) < 4.78 is 14.8. The molecule has 29 heavy (non-hydrogen) atoms. The smallest absolute Gasteiger partial charge is 0.326 e. The fraction of sp³-hybridized carbons (Fsp3) is 0.250. The molecule has 1 fully saturated rings. The molecule has 9 heteroatoms. The summed E-state index contributed by atoms with van der Waals surface area (Å²) in [4.78, 5) is 38.2. The van der Waals surface area contributed by atoms with Crippen molar-refractivity contribution >= 4 is 28.8 Å². The first-order valence-electron chi connectivity index (χ1n) is 9.04. The molecule has 1 heterocycles. The van der Waals surface area contributed by atoms with Gasteiger partial charge in [-0.15, -0.1) is 0 Å². The summed E-state index contributed by atoms with van der Waals surface area (Å²) in [5.41, 5.74) is 0.462. The van der Waals surface area contributed by atoms with Crippen molar-refractivity contribution in [3.8, 4) is 0 Å². The van der Waals surface area contributed by atoms with Crippen LogP contribution in [0.25, 0.3) is 0 Å². The van der Waals surface area contributed by atoms with Crippen LogP contribution in [-0.4, -0.2) is 57.2 Å². The predicted octanol–water partition coefficient (Wildman–Crippen LogP) is 0.783. The molecule has 2 aromatic carbocycles. The highest BCUT2D eigenvalue weighted by Crippen LogP contribution is 2.19. The molecule has 0 saturated carbocycles. The molecule has 1 aliphatic rings. The van der Waals surface area contributed by atoms with Gasteiger partial charge in [0.2, 0.25) is 5.91 Å². The van der Waals surface area contributed by atoms with Crippen LogP contribution >= 0.6 is 0 Å². The number of rotatable bonds is 7. The van der Waals surface area contributed by atoms with Crippen LogP contribution in [0.5, 0.6) is 0 Å². The molecule has 0 spiro atoms. The van der Waals surface area contributed by atoms with Crippen LogP contribution in [0, 0.1) is 0 Å². The van der Waals surface area contributed by atoms with Gasteiger partial charge in [0.1, 0.15) is 17.0 Å². The Morgan fingerprint density at radius 1 is 1.03 bits per heavy atom. The van der Waals surface area contributed by atoms with Gasteiger partial charge in [-0.2, -0.15) is 0 Å². The van der Waals surface area contributed by atoms with Crippen LogP contribution in [0.1, 0.15) is 16.8 Å². The largest absolute Gasteiger partial charge is 0.480 e. The van der Waals surface area contributed by atoms with Gasteiger partial charge in [-0.25, -0.2) is 13.7 Å². The lowest BCUT2D eigenvalue weighted by Crippen LogP contribution is -2.45. The van der Waals surface area contributed by atoms with Gasteiger partial charge < -0.3 is 15.3 Å². The van der Waals surface area contributed by atoms with Gasteiger partial charge in [0.25, 0.3) is 5.91 Å². The van der Waals surface area contributed by atoms with E-state index in [1.54, 1.807) is 60.7 Å². The maximum Gasteiger partial charge on any atom is 0.326 e. The topological polar surface area (TPSA) is 116 Å². The molecule has 3 N–H and O–H groups in total. The maximum atomic E-state index is 12.6. The van der Waals surface area contributed by atoms with Gasteiger partial charge >= 0.3 is 5.97 Å². The molecule has 1 aliphatic heterocycles. The number of likely N-dealkylation sites (tertiary alicyclic amines) is 1. The average Bonchev–Trinajstić information content (AvgIpc) is 3.17. The van der Waals surface area contributed by atoms with Gasteiger partial charge in [0.05, 0.1) is 11.4 Å². The molecule has 3 atom stereocenters. The van der Waals surface area contributed by atoms with Gasteiger partial charge in [0, 0.05) is 24.6 Å². The molecule has 3 rings (SSSR count). The first kappa shape index (κ1) is 20.7. The van der Waals surface area contributed by atoms with Crippen LogP contribution in [0.3, 0.4) is 0 Å². The Bertz CT molecular complexity index is 907. The number of amides is 2. The van der Waals surface area contributed by atoms with Gasteiger partial charge in [-0.3, -0.25) is 9.59 Å². The third-order valence-electron chi connectivity index (χ3n) is 4.59. The molecular weight excluding hydrogens is 394 g/mol. The Hall–Kier alpha value is -3.04. The monoisotopic (exact) mass is 415 g/mol. The quantitative estimate of drug-likeness (QED) is 0.618. The van der Waals surface area contributed by atoms with Crippen LogP contribution in [0.15, 0.2) is 65.6 Å². The van der Waals surface area contributed by atoms with Crippen molar-refractivity contribution in [2.45, 2.75) is 23.4 Å². The highest BCUT2D eigenvalue weighted by molar-refractivity contribution is 7.83. The third kappa shape index (κ3) is 5.27. The maximum absolute atomic E-state index is 12.6. The number of carboxylic acids is 1. The standard InChI is InChI=1S/C20H21N3O5S/c24-18(12-21-29(28)16-9-5-2-6-10-16)23-13-15(11-17(23)20(26)27)22-19(25)14-7-3-1-4-8-14/h1-10,15,17,21H,11-13H2,(H,22,25)(H,26,27)/t15-,17+,29?/m1/s1. The van der Waals surface area contributed by atoms with Crippen molar-refractivity contribution in [2.75, 3.05) is 13.1 Å². The zero-order valence-corrected chi connectivity index (χ0v) is 16.3. The lowest BCUT2D eigenvalue weighted by atomic mass is 10.1. The number of benzene rings is 2. The molecule has 2 aromatic rings. The SMILES string of the molecule is O=C(N[C@@H]1C[C@@H](C(=O)O)N(C(=O)CNS(=O)c2ccccc2)C1)c1ccccc1. The summed E-state index contributed by atoms with van der Waals surface area (Å²) in [6.45, 7) is -0.196. The fourth-order valence-corrected chi connectivity index (χ4v) is 3.99. The number of aliphatic carboxylic acids is 1. The second-order valence-corrected chi connectivity index (χ2v) is 7.87. The first-order chi connectivity index (χ1) is 14.0. The lowest BCUT2D eigenvalue weighted by molar-refractivity contribution is -0.147. The van der Waals surface area contributed by atoms with Crippen molar-refractivity contribution in [1.82, 2.24) is 14.9 Å². The number of hydrogen-bond acceptors (Lipinski definition) is 4. The summed E-state index contributed by atoms with van der Waals surface area (Å²) in [5.74, 6) is -1.95. The van der Waals surface area contributed by atoms with Crippen LogP contribution in [0.2, 0.25) is 0 Å². The third-order valence-corrected chi connectivity index (χ3v) is 5.70. The zero-order chi connectivity index (χ0) is 20.8. The summed E-state index contributed by atoms with van der Waals surface area (Å²) in [6.07, 6.45) is 0.113. The molecule has 8 nitrogen and oxygen atoms in total. The number of carbonyl (C=O) groups is 3. The summed E-state index contributed by atoms with van der Waals surface area (Å²) >= 11 is 0. The Balaban J connectivity index is 1.60. The van der Waals surface area contributed by atoms with E-state index in [4.69, 9.17) is 0 Å². The van der Waals surface area contributed by atoms with Crippen LogP contribution in [0.4, 0.5) is 0 Å². The molecule has 2 amide bonds. The van der Waals surface area contributed by atoms with Crippen molar-refractivity contribution < 1.29 is 23.7 Å². The van der Waals surface area contributed by atoms with E-state index < -0.39 is 34.9 Å². The average molecular weight is 415 g/mol. The molecule has 0 bridgehead atoms. The fourth-order valence-electron chi connectivity index (χ4n) is 3.16. The van der Waals surface area contributed by atoms with E-state index in [1.807, 2.05) is 0 Å². The predicted molar refractivity (Wildman–Crippen MR) is 106 cm³/mol. The van der Waals surface area contributed by atoms with Crippen LogP contribution in [-0.2, 0) is 20.6 Å². The van der Waals surface area contributed by atoms with E-state index in [2.05, 4.69) is 10.0 Å². The minimum atomic E-state index is -1.58. The molecule has 1 unspecified atom stereocenters. The second kappa shape index (κ2) is 9.44. The first-order valence-corrected chi connectivity index (χ1v) is 10.2. The Morgan fingerprint density at radius 3 is 2.28 bits per heavy atom. The van der Waals surface area contributed by atoms with Crippen molar-refractivity contribution in [2.24, 2.45) is 0 Å². The lowest BCUT2D eigenvalue weighted by Gasteiger charge is -2.21. The number of carboxylic acid groups (broad SMARTS) is 1. The molecule has 0 aromatic heterocycles. The molecule has 0 aliphatic carbocycles. The Morgan fingerprint density at radius 2 is 1.66 bits per heavy atom. The summed E-state index contributed by atoms with van der Waals surface area (Å²) in [7, 11) is -1.58. The Kier molecular flexibility index (Phi) is 6.73. The minimum Gasteiger partial charge on any atom is -0.480 e. The van der Waals surface area contributed by atoms with E-state index in [1.165, 1.54) is 4.90 Å². The number of carbonyl (C=O) groups excluding carboxylic acids is 2. The second-order valence-electron chi connectivity index (χ2n) is 6.58. The van der Waals surface area contributed by atoms with E-state index in [0.29, 0.717) is 10.5 Å². The number of nitrogens with one attached hydrogen (secondary N) is 2. The molecular formula is C20H21N3O5S. The highest BCUT2D eigenvalue weighted by Gasteiger charge is 2.40. The number of nitrogens with zero attached hydrogens (tertiary/aromatic N) is 1. The molecule has 0 radical (unpaired) electrons. The van der Waals surface area contributed by atoms with Gasteiger partial charge in [-0.1, -0.05) is 36.4 Å². The molecule has 152 valence electrons.